The molecule has 5 heteroatoms. The molecule has 21 heavy (non-hydrogen) atoms. The number of hydrogen-bond donors (Lipinski definition) is 1. The molecule has 2 aromatic heterocycles. The number of carbonyl (C=O) groups is 1. The van der Waals surface area contributed by atoms with Crippen molar-refractivity contribution in [2.45, 2.75) is 45.1 Å². The van der Waals surface area contributed by atoms with Crippen molar-refractivity contribution in [2.75, 3.05) is 12.3 Å². The highest BCUT2D eigenvalue weighted by molar-refractivity contribution is 7.21. The lowest BCUT2D eigenvalue weighted by Crippen LogP contribution is -2.43. The molecule has 3 heterocycles. The second kappa shape index (κ2) is 6.02. The van der Waals surface area contributed by atoms with E-state index in [0.717, 1.165) is 42.4 Å². The Morgan fingerprint density at radius 3 is 3.14 bits per heavy atom. The number of nitrogen functional groups attached to an aromatic ring is 1. The van der Waals surface area contributed by atoms with Crippen LogP contribution in [0.2, 0.25) is 0 Å². The molecule has 0 aliphatic carbocycles. The van der Waals surface area contributed by atoms with Crippen molar-refractivity contribution in [3.63, 3.8) is 0 Å². The first-order valence-corrected chi connectivity index (χ1v) is 8.48. The predicted molar refractivity (Wildman–Crippen MR) is 87.6 cm³/mol. The summed E-state index contributed by atoms with van der Waals surface area (Å²) in [6.07, 6.45) is 7.34. The summed E-state index contributed by atoms with van der Waals surface area (Å²) in [7, 11) is 0. The van der Waals surface area contributed by atoms with E-state index in [1.807, 2.05) is 17.0 Å². The SMILES string of the molecule is CCCC1CCCCN1C(=O)c1sc2cccnc2c1N. The number of likely N-dealkylation sites (tertiary alicyclic amines) is 1. The molecule has 1 saturated heterocycles. The number of fused-ring (bicyclic) bond motifs is 1. The molecule has 1 aliphatic heterocycles. The van der Waals surface area contributed by atoms with Gasteiger partial charge in [-0.1, -0.05) is 13.3 Å². The third-order valence-corrected chi connectivity index (χ3v) is 5.33. The van der Waals surface area contributed by atoms with Gasteiger partial charge in [0.25, 0.3) is 5.91 Å². The molecule has 2 N–H and O–H groups in total. The van der Waals surface area contributed by atoms with E-state index < -0.39 is 0 Å². The van der Waals surface area contributed by atoms with Crippen LogP contribution < -0.4 is 5.73 Å². The second-order valence-corrected chi connectivity index (χ2v) is 6.68. The predicted octanol–water partition coefficient (Wildman–Crippen LogP) is 3.67. The largest absolute Gasteiger partial charge is 0.396 e. The van der Waals surface area contributed by atoms with Gasteiger partial charge in [-0.3, -0.25) is 9.78 Å². The summed E-state index contributed by atoms with van der Waals surface area (Å²) in [5.74, 6) is 0.0913. The summed E-state index contributed by atoms with van der Waals surface area (Å²) in [6.45, 7) is 3.03. The third-order valence-electron chi connectivity index (χ3n) is 4.19. The minimum atomic E-state index is 0.0913. The number of anilines is 1. The van der Waals surface area contributed by atoms with E-state index in [2.05, 4.69) is 11.9 Å². The van der Waals surface area contributed by atoms with Gasteiger partial charge >= 0.3 is 0 Å². The molecule has 1 atom stereocenters. The fraction of sp³-hybridized carbons (Fsp3) is 0.500. The summed E-state index contributed by atoms with van der Waals surface area (Å²) in [4.78, 5) is 19.9. The van der Waals surface area contributed by atoms with Gasteiger partial charge in [-0.15, -0.1) is 11.3 Å². The quantitative estimate of drug-likeness (QED) is 0.941. The lowest BCUT2D eigenvalue weighted by atomic mass is 9.98. The van der Waals surface area contributed by atoms with Crippen LogP contribution in [-0.2, 0) is 0 Å². The Balaban J connectivity index is 1.93. The molecule has 1 fully saturated rings. The zero-order valence-electron chi connectivity index (χ0n) is 12.3. The number of aromatic nitrogens is 1. The summed E-state index contributed by atoms with van der Waals surface area (Å²) >= 11 is 1.47. The van der Waals surface area contributed by atoms with Crippen molar-refractivity contribution < 1.29 is 4.79 Å². The Morgan fingerprint density at radius 1 is 1.52 bits per heavy atom. The molecule has 2 aromatic rings. The van der Waals surface area contributed by atoms with Crippen LogP contribution in [0, 0.1) is 0 Å². The van der Waals surface area contributed by atoms with E-state index in [4.69, 9.17) is 5.73 Å². The van der Waals surface area contributed by atoms with Gasteiger partial charge in [0.2, 0.25) is 0 Å². The average molecular weight is 303 g/mol. The van der Waals surface area contributed by atoms with Crippen molar-refractivity contribution in [1.82, 2.24) is 9.88 Å². The second-order valence-electron chi connectivity index (χ2n) is 5.63. The smallest absolute Gasteiger partial charge is 0.266 e. The Hall–Kier alpha value is -1.62. The summed E-state index contributed by atoms with van der Waals surface area (Å²) in [5.41, 5.74) is 7.47. The molecule has 0 bridgehead atoms. The summed E-state index contributed by atoms with van der Waals surface area (Å²) in [6, 6.07) is 4.22. The minimum absolute atomic E-state index is 0.0913. The van der Waals surface area contributed by atoms with E-state index >= 15 is 0 Å². The van der Waals surface area contributed by atoms with Crippen molar-refractivity contribution in [2.24, 2.45) is 0 Å². The fourth-order valence-corrected chi connectivity index (χ4v) is 4.18. The highest BCUT2D eigenvalue weighted by atomic mass is 32.1. The fourth-order valence-electron chi connectivity index (χ4n) is 3.14. The molecule has 4 nitrogen and oxygen atoms in total. The number of carbonyl (C=O) groups excluding carboxylic acids is 1. The number of nitrogens with zero attached hydrogens (tertiary/aromatic N) is 2. The Bertz CT molecular complexity index is 650. The van der Waals surface area contributed by atoms with Gasteiger partial charge in [-0.05, 0) is 37.8 Å². The van der Waals surface area contributed by atoms with E-state index in [1.54, 1.807) is 6.20 Å². The first-order valence-electron chi connectivity index (χ1n) is 7.66. The number of amides is 1. The Morgan fingerprint density at radius 2 is 2.38 bits per heavy atom. The molecule has 1 unspecified atom stereocenters. The van der Waals surface area contributed by atoms with Crippen LogP contribution in [0.1, 0.15) is 48.7 Å². The van der Waals surface area contributed by atoms with E-state index in [1.165, 1.54) is 17.8 Å². The number of nitrogens with two attached hydrogens (primary N) is 1. The monoisotopic (exact) mass is 303 g/mol. The number of piperidine rings is 1. The first-order chi connectivity index (χ1) is 10.2. The van der Waals surface area contributed by atoms with Gasteiger partial charge in [-0.25, -0.2) is 0 Å². The van der Waals surface area contributed by atoms with Crippen LogP contribution in [-0.4, -0.2) is 28.4 Å². The van der Waals surface area contributed by atoms with Gasteiger partial charge in [0.05, 0.1) is 10.4 Å². The molecule has 1 aliphatic rings. The lowest BCUT2D eigenvalue weighted by molar-refractivity contribution is 0.0607. The van der Waals surface area contributed by atoms with Gasteiger partial charge in [0.1, 0.15) is 10.4 Å². The first kappa shape index (κ1) is 14.3. The molecule has 3 rings (SSSR count). The third kappa shape index (κ3) is 2.62. The van der Waals surface area contributed by atoms with E-state index in [-0.39, 0.29) is 5.91 Å². The zero-order chi connectivity index (χ0) is 14.8. The number of thiophene rings is 1. The number of pyridine rings is 1. The van der Waals surface area contributed by atoms with Crippen LogP contribution in [0.15, 0.2) is 18.3 Å². The van der Waals surface area contributed by atoms with E-state index in [0.29, 0.717) is 16.6 Å². The molecule has 0 aromatic carbocycles. The van der Waals surface area contributed by atoms with Crippen molar-refractivity contribution >= 4 is 33.1 Å². The van der Waals surface area contributed by atoms with Crippen molar-refractivity contribution in [3.05, 3.63) is 23.2 Å². The molecular formula is C16H21N3OS. The zero-order valence-corrected chi connectivity index (χ0v) is 13.2. The van der Waals surface area contributed by atoms with Gasteiger partial charge in [0, 0.05) is 18.8 Å². The van der Waals surface area contributed by atoms with Crippen LogP contribution >= 0.6 is 11.3 Å². The average Bonchev–Trinajstić information content (AvgIpc) is 2.85. The number of hydrogen-bond acceptors (Lipinski definition) is 4. The van der Waals surface area contributed by atoms with Crippen LogP contribution in [0.5, 0.6) is 0 Å². The molecule has 0 spiro atoms. The summed E-state index contributed by atoms with van der Waals surface area (Å²) in [5, 5.41) is 0. The van der Waals surface area contributed by atoms with Gasteiger partial charge in [0.15, 0.2) is 0 Å². The van der Waals surface area contributed by atoms with Crippen molar-refractivity contribution in [1.29, 1.82) is 0 Å². The van der Waals surface area contributed by atoms with Crippen LogP contribution in [0.4, 0.5) is 5.69 Å². The topological polar surface area (TPSA) is 59.2 Å². The molecule has 0 saturated carbocycles. The molecular weight excluding hydrogens is 282 g/mol. The maximum absolute atomic E-state index is 12.9. The Labute approximate surface area is 129 Å². The highest BCUT2D eigenvalue weighted by Gasteiger charge is 2.29. The highest BCUT2D eigenvalue weighted by Crippen LogP contribution is 2.34. The molecule has 0 radical (unpaired) electrons. The van der Waals surface area contributed by atoms with E-state index in [9.17, 15) is 4.79 Å². The van der Waals surface area contributed by atoms with Gasteiger partial charge in [-0.2, -0.15) is 0 Å². The minimum Gasteiger partial charge on any atom is -0.396 e. The Kier molecular flexibility index (Phi) is 4.10. The van der Waals surface area contributed by atoms with Crippen LogP contribution in [0.25, 0.3) is 10.2 Å². The normalized spacial score (nSPS) is 19.1. The maximum Gasteiger partial charge on any atom is 0.266 e. The lowest BCUT2D eigenvalue weighted by Gasteiger charge is -2.35. The standard InChI is InChI=1S/C16H21N3OS/c1-2-6-11-7-3-4-10-19(11)16(20)15-13(17)14-12(21-15)8-5-9-18-14/h5,8-9,11H,2-4,6-7,10,17H2,1H3. The van der Waals surface area contributed by atoms with Gasteiger partial charge < -0.3 is 10.6 Å². The summed E-state index contributed by atoms with van der Waals surface area (Å²) < 4.78 is 0.988. The number of rotatable bonds is 3. The molecule has 112 valence electrons. The van der Waals surface area contributed by atoms with Crippen molar-refractivity contribution in [3.8, 4) is 0 Å². The van der Waals surface area contributed by atoms with Crippen LogP contribution in [0.3, 0.4) is 0 Å². The molecule has 1 amide bonds. The maximum atomic E-state index is 12.9.